The van der Waals surface area contributed by atoms with Gasteiger partial charge in [-0.2, -0.15) is 0 Å². The van der Waals surface area contributed by atoms with E-state index in [1.165, 1.54) is 49.4 Å². The fraction of sp³-hybridized carbons (Fsp3) is 0.188. The number of para-hydroxylation sites is 1. The lowest BCUT2D eigenvalue weighted by atomic mass is 10.2. The third kappa shape index (κ3) is 5.30. The van der Waals surface area contributed by atoms with Crippen LogP contribution in [-0.2, 0) is 16.6 Å². The molecule has 0 fully saturated rings. The minimum absolute atomic E-state index is 0.0313. The number of halogens is 3. The number of rotatable bonds is 6. The van der Waals surface area contributed by atoms with Crippen LogP contribution in [0.3, 0.4) is 0 Å². The van der Waals surface area contributed by atoms with Crippen molar-refractivity contribution in [1.29, 1.82) is 0 Å². The molecule has 0 saturated heterocycles. The lowest BCUT2D eigenvalue weighted by Crippen LogP contribution is -2.24. The Kier molecular flexibility index (Phi) is 5.48. The number of Topliss-reactive ketones (excluding diaryl/α,β-unsaturated/α-hetero) is 1. The predicted molar refractivity (Wildman–Crippen MR) is 83.6 cm³/mol. The van der Waals surface area contributed by atoms with Crippen LogP contribution in [0.25, 0.3) is 0 Å². The van der Waals surface area contributed by atoms with Crippen LogP contribution in [0.1, 0.15) is 22.8 Å². The summed E-state index contributed by atoms with van der Waals surface area (Å²) in [4.78, 5) is 11.1. The van der Waals surface area contributed by atoms with Crippen LogP contribution >= 0.6 is 0 Å². The van der Waals surface area contributed by atoms with Gasteiger partial charge in [-0.1, -0.05) is 30.3 Å². The van der Waals surface area contributed by atoms with Crippen LogP contribution in [0.15, 0.2) is 53.4 Å². The summed E-state index contributed by atoms with van der Waals surface area (Å²) in [5.74, 6) is -0.695. The quantitative estimate of drug-likeness (QED) is 0.789. The number of ketones is 1. The van der Waals surface area contributed by atoms with Crippen LogP contribution in [0.5, 0.6) is 5.75 Å². The van der Waals surface area contributed by atoms with Crippen LogP contribution in [0.2, 0.25) is 0 Å². The molecular weight excluding hydrogens is 359 g/mol. The average Bonchev–Trinajstić information content (AvgIpc) is 2.53. The number of carbonyl (C=O) groups excluding carboxylic acids is 1. The van der Waals surface area contributed by atoms with E-state index in [4.69, 9.17) is 0 Å². The van der Waals surface area contributed by atoms with Crippen LogP contribution in [-0.4, -0.2) is 20.6 Å². The van der Waals surface area contributed by atoms with E-state index in [9.17, 15) is 26.4 Å². The number of sulfonamides is 1. The molecule has 0 atom stereocenters. The maximum Gasteiger partial charge on any atom is 0.573 e. The van der Waals surface area contributed by atoms with Crippen molar-refractivity contribution in [1.82, 2.24) is 4.72 Å². The van der Waals surface area contributed by atoms with Crippen LogP contribution in [0.4, 0.5) is 13.2 Å². The van der Waals surface area contributed by atoms with Gasteiger partial charge in [0.2, 0.25) is 10.0 Å². The molecule has 0 radical (unpaired) electrons. The Balaban J connectivity index is 2.16. The highest BCUT2D eigenvalue weighted by Crippen LogP contribution is 2.26. The highest BCUT2D eigenvalue weighted by atomic mass is 32.2. The predicted octanol–water partition coefficient (Wildman–Crippen LogP) is 3.27. The van der Waals surface area contributed by atoms with Gasteiger partial charge in [0.25, 0.3) is 0 Å². The van der Waals surface area contributed by atoms with E-state index in [1.54, 1.807) is 0 Å². The van der Waals surface area contributed by atoms with E-state index in [2.05, 4.69) is 9.46 Å². The van der Waals surface area contributed by atoms with Gasteiger partial charge in [-0.05, 0) is 25.1 Å². The number of benzene rings is 2. The van der Waals surface area contributed by atoms with E-state index in [0.717, 1.165) is 6.07 Å². The first-order valence-electron chi connectivity index (χ1n) is 7.03. The van der Waals surface area contributed by atoms with Gasteiger partial charge in [0.1, 0.15) is 5.75 Å². The van der Waals surface area contributed by atoms with Crippen LogP contribution < -0.4 is 9.46 Å². The fourth-order valence-corrected chi connectivity index (χ4v) is 3.01. The highest BCUT2D eigenvalue weighted by Gasteiger charge is 2.32. The zero-order valence-electron chi connectivity index (χ0n) is 13.0. The third-order valence-corrected chi connectivity index (χ3v) is 4.64. The minimum atomic E-state index is -4.88. The molecule has 9 heteroatoms. The molecule has 0 unspecified atom stereocenters. The molecule has 0 bridgehead atoms. The first kappa shape index (κ1) is 18.9. The maximum absolute atomic E-state index is 12.4. The molecule has 2 aromatic rings. The lowest BCUT2D eigenvalue weighted by molar-refractivity contribution is -0.274. The Bertz CT molecular complexity index is 862. The second kappa shape index (κ2) is 7.24. The summed E-state index contributed by atoms with van der Waals surface area (Å²) in [6.45, 7) is 0.961. The topological polar surface area (TPSA) is 72.5 Å². The average molecular weight is 373 g/mol. The molecule has 0 amide bonds. The smallest absolute Gasteiger partial charge is 0.405 e. The van der Waals surface area contributed by atoms with Crippen molar-refractivity contribution in [3.05, 3.63) is 59.7 Å². The summed E-state index contributed by atoms with van der Waals surface area (Å²) >= 11 is 0. The molecule has 0 saturated carbocycles. The fourth-order valence-electron chi connectivity index (χ4n) is 2.00. The molecule has 0 heterocycles. The van der Waals surface area contributed by atoms with Gasteiger partial charge in [-0.15, -0.1) is 13.2 Å². The summed E-state index contributed by atoms with van der Waals surface area (Å²) in [6, 6.07) is 10.4. The van der Waals surface area contributed by atoms with Gasteiger partial charge in [-0.3, -0.25) is 4.79 Å². The van der Waals surface area contributed by atoms with E-state index in [-0.39, 0.29) is 22.8 Å². The standard InChI is InChI=1S/C16H14F3NO4S/c1-11(21)12-6-8-14(9-7-12)25(22,23)20-10-13-4-2-3-5-15(13)24-16(17,18)19/h2-9,20H,10H2,1H3. The van der Waals surface area contributed by atoms with Crippen molar-refractivity contribution in [3.8, 4) is 5.75 Å². The zero-order chi connectivity index (χ0) is 18.7. The second-order valence-corrected chi connectivity index (χ2v) is 6.83. The zero-order valence-corrected chi connectivity index (χ0v) is 13.8. The van der Waals surface area contributed by atoms with Crippen molar-refractivity contribution < 1.29 is 31.1 Å². The normalized spacial score (nSPS) is 12.0. The van der Waals surface area contributed by atoms with Crippen molar-refractivity contribution in [2.75, 3.05) is 0 Å². The summed E-state index contributed by atoms with van der Waals surface area (Å²) in [6.07, 6.45) is -4.88. The van der Waals surface area contributed by atoms with Crippen molar-refractivity contribution in [3.63, 3.8) is 0 Å². The number of carbonyl (C=O) groups is 1. The number of ether oxygens (including phenoxy) is 1. The number of hydrogen-bond acceptors (Lipinski definition) is 4. The molecular formula is C16H14F3NO4S. The van der Waals surface area contributed by atoms with Crippen molar-refractivity contribution >= 4 is 15.8 Å². The van der Waals surface area contributed by atoms with Crippen molar-refractivity contribution in [2.24, 2.45) is 0 Å². The highest BCUT2D eigenvalue weighted by molar-refractivity contribution is 7.89. The lowest BCUT2D eigenvalue weighted by Gasteiger charge is -2.14. The van der Waals surface area contributed by atoms with E-state index >= 15 is 0 Å². The Morgan fingerprint density at radius 3 is 2.24 bits per heavy atom. The van der Waals surface area contributed by atoms with Gasteiger partial charge in [0.05, 0.1) is 4.90 Å². The van der Waals surface area contributed by atoms with E-state index < -0.39 is 22.1 Å². The van der Waals surface area contributed by atoms with Gasteiger partial charge in [0.15, 0.2) is 5.78 Å². The molecule has 134 valence electrons. The molecule has 0 aliphatic carbocycles. The van der Waals surface area contributed by atoms with Gasteiger partial charge in [0, 0.05) is 17.7 Å². The first-order chi connectivity index (χ1) is 11.6. The Morgan fingerprint density at radius 1 is 1.08 bits per heavy atom. The minimum Gasteiger partial charge on any atom is -0.405 e. The summed E-state index contributed by atoms with van der Waals surface area (Å²) in [7, 11) is -3.96. The van der Waals surface area contributed by atoms with E-state index in [1.807, 2.05) is 0 Å². The Morgan fingerprint density at radius 2 is 1.68 bits per heavy atom. The molecule has 2 aromatic carbocycles. The Hall–Kier alpha value is -2.39. The first-order valence-corrected chi connectivity index (χ1v) is 8.51. The molecule has 0 spiro atoms. The van der Waals surface area contributed by atoms with Gasteiger partial charge >= 0.3 is 6.36 Å². The SMILES string of the molecule is CC(=O)c1ccc(S(=O)(=O)NCc2ccccc2OC(F)(F)F)cc1. The third-order valence-electron chi connectivity index (χ3n) is 3.22. The van der Waals surface area contributed by atoms with Crippen molar-refractivity contribution in [2.45, 2.75) is 24.7 Å². The monoisotopic (exact) mass is 373 g/mol. The largest absolute Gasteiger partial charge is 0.573 e. The summed E-state index contributed by atoms with van der Waals surface area (Å²) < 4.78 is 67.7. The Labute approximate surface area is 142 Å². The summed E-state index contributed by atoms with van der Waals surface area (Å²) in [5, 5.41) is 0. The second-order valence-electron chi connectivity index (χ2n) is 5.06. The molecule has 2 rings (SSSR count). The number of nitrogens with one attached hydrogen (secondary N) is 1. The van der Waals surface area contributed by atoms with E-state index in [0.29, 0.717) is 5.56 Å². The molecule has 0 aliphatic rings. The van der Waals surface area contributed by atoms with Gasteiger partial charge in [-0.25, -0.2) is 13.1 Å². The summed E-state index contributed by atoms with van der Waals surface area (Å²) in [5.41, 5.74) is 0.381. The number of alkyl halides is 3. The van der Waals surface area contributed by atoms with Gasteiger partial charge < -0.3 is 4.74 Å². The molecule has 1 N–H and O–H groups in total. The number of hydrogen-bond donors (Lipinski definition) is 1. The molecule has 0 aliphatic heterocycles. The van der Waals surface area contributed by atoms with Crippen LogP contribution in [0, 0.1) is 0 Å². The molecule has 0 aromatic heterocycles. The molecule has 5 nitrogen and oxygen atoms in total. The molecule has 25 heavy (non-hydrogen) atoms. The maximum atomic E-state index is 12.4.